The number of halogens is 2. The van der Waals surface area contributed by atoms with Gasteiger partial charge in [-0.3, -0.25) is 0 Å². The smallest absolute Gasteiger partial charge is 0.259 e. The fourth-order valence-corrected chi connectivity index (χ4v) is 1.75. The number of nitrogens with zero attached hydrogens (tertiary/aromatic N) is 2. The van der Waals surface area contributed by atoms with E-state index in [1.54, 1.807) is 18.2 Å². The minimum absolute atomic E-state index is 0.380. The molecule has 1 aromatic heterocycles. The van der Waals surface area contributed by atoms with Crippen molar-refractivity contribution in [3.63, 3.8) is 0 Å². The maximum absolute atomic E-state index is 6.01. The SMILES string of the molecule is NCCc1noc(-c2ccc(Cl)cc2Cl)n1. The predicted octanol–water partition coefficient (Wildman–Crippen LogP) is 2.54. The lowest BCUT2D eigenvalue weighted by molar-refractivity contribution is 0.422. The van der Waals surface area contributed by atoms with Crippen LogP contribution in [0.1, 0.15) is 5.82 Å². The van der Waals surface area contributed by atoms with Gasteiger partial charge in [0.2, 0.25) is 0 Å². The molecule has 4 nitrogen and oxygen atoms in total. The zero-order chi connectivity index (χ0) is 11.5. The summed E-state index contributed by atoms with van der Waals surface area (Å²) in [7, 11) is 0. The molecule has 0 aliphatic heterocycles. The predicted molar refractivity (Wildman–Crippen MR) is 62.5 cm³/mol. The standard InChI is InChI=1S/C10H9Cl2N3O/c11-6-1-2-7(8(12)5-6)10-14-9(3-4-13)15-16-10/h1-2,5H,3-4,13H2. The van der Waals surface area contributed by atoms with Crippen molar-refractivity contribution in [1.82, 2.24) is 10.1 Å². The quantitative estimate of drug-likeness (QED) is 0.918. The summed E-state index contributed by atoms with van der Waals surface area (Å²) in [6.45, 7) is 0.479. The molecule has 0 aliphatic carbocycles. The summed E-state index contributed by atoms with van der Waals surface area (Å²) in [5, 5.41) is 4.84. The van der Waals surface area contributed by atoms with E-state index < -0.39 is 0 Å². The van der Waals surface area contributed by atoms with Crippen LogP contribution in [-0.4, -0.2) is 16.7 Å². The van der Waals surface area contributed by atoms with Gasteiger partial charge in [0.05, 0.1) is 10.6 Å². The van der Waals surface area contributed by atoms with E-state index in [1.807, 2.05) is 0 Å². The molecule has 0 amide bonds. The Labute approximate surface area is 102 Å². The molecule has 0 atom stereocenters. The maximum atomic E-state index is 6.01. The Balaban J connectivity index is 2.35. The first-order valence-corrected chi connectivity index (χ1v) is 5.44. The average Bonchev–Trinajstić information content (AvgIpc) is 2.67. The van der Waals surface area contributed by atoms with Crippen molar-refractivity contribution < 1.29 is 4.52 Å². The van der Waals surface area contributed by atoms with Crippen LogP contribution in [0.4, 0.5) is 0 Å². The highest BCUT2D eigenvalue weighted by Gasteiger charge is 2.11. The molecule has 0 saturated carbocycles. The minimum Gasteiger partial charge on any atom is -0.334 e. The number of hydrogen-bond acceptors (Lipinski definition) is 4. The molecule has 2 N–H and O–H groups in total. The molecular formula is C10H9Cl2N3O. The summed E-state index contributed by atoms with van der Waals surface area (Å²) < 4.78 is 5.08. The molecular weight excluding hydrogens is 249 g/mol. The Hall–Kier alpha value is -1.10. The summed E-state index contributed by atoms with van der Waals surface area (Å²) >= 11 is 11.8. The summed E-state index contributed by atoms with van der Waals surface area (Å²) in [5.74, 6) is 0.952. The molecule has 0 unspecified atom stereocenters. The highest BCUT2D eigenvalue weighted by molar-refractivity contribution is 6.36. The van der Waals surface area contributed by atoms with Gasteiger partial charge in [0.25, 0.3) is 5.89 Å². The zero-order valence-corrected chi connectivity index (χ0v) is 9.79. The van der Waals surface area contributed by atoms with Crippen LogP contribution in [0.2, 0.25) is 10.0 Å². The van der Waals surface area contributed by atoms with Crippen LogP contribution in [0.25, 0.3) is 11.5 Å². The van der Waals surface area contributed by atoms with Gasteiger partial charge in [-0.2, -0.15) is 4.98 Å². The van der Waals surface area contributed by atoms with Crippen LogP contribution < -0.4 is 5.73 Å². The Morgan fingerprint density at radius 3 is 2.81 bits per heavy atom. The average molecular weight is 258 g/mol. The second-order valence-electron chi connectivity index (χ2n) is 3.18. The van der Waals surface area contributed by atoms with Gasteiger partial charge in [0.15, 0.2) is 5.82 Å². The second-order valence-corrected chi connectivity index (χ2v) is 4.02. The van der Waals surface area contributed by atoms with Crippen LogP contribution in [0, 0.1) is 0 Å². The molecule has 0 radical (unpaired) electrons. The van der Waals surface area contributed by atoms with Gasteiger partial charge >= 0.3 is 0 Å². The Bertz CT molecular complexity index is 499. The largest absolute Gasteiger partial charge is 0.334 e. The number of nitrogens with two attached hydrogens (primary N) is 1. The lowest BCUT2D eigenvalue weighted by Gasteiger charge is -1.98. The second kappa shape index (κ2) is 4.82. The first-order valence-electron chi connectivity index (χ1n) is 4.69. The van der Waals surface area contributed by atoms with Crippen molar-refractivity contribution >= 4 is 23.2 Å². The van der Waals surface area contributed by atoms with Crippen LogP contribution in [0.3, 0.4) is 0 Å². The van der Waals surface area contributed by atoms with E-state index in [2.05, 4.69) is 10.1 Å². The molecule has 0 aliphatic rings. The normalized spacial score (nSPS) is 10.7. The van der Waals surface area contributed by atoms with Gasteiger partial charge in [0, 0.05) is 11.4 Å². The summed E-state index contributed by atoms with van der Waals surface area (Å²) in [6.07, 6.45) is 0.578. The number of benzene rings is 1. The Kier molecular flexibility index (Phi) is 3.43. The van der Waals surface area contributed by atoms with Crippen molar-refractivity contribution in [2.45, 2.75) is 6.42 Å². The van der Waals surface area contributed by atoms with Crippen molar-refractivity contribution in [3.8, 4) is 11.5 Å². The Morgan fingerprint density at radius 2 is 2.12 bits per heavy atom. The van der Waals surface area contributed by atoms with Gasteiger partial charge in [-0.05, 0) is 24.7 Å². The first-order chi connectivity index (χ1) is 7.70. The van der Waals surface area contributed by atoms with Gasteiger partial charge in [-0.15, -0.1) is 0 Å². The molecule has 2 rings (SSSR count). The van der Waals surface area contributed by atoms with Gasteiger partial charge < -0.3 is 10.3 Å². The van der Waals surface area contributed by atoms with Gasteiger partial charge in [-0.25, -0.2) is 0 Å². The topological polar surface area (TPSA) is 64.9 Å². The molecule has 0 bridgehead atoms. The van der Waals surface area contributed by atoms with Crippen molar-refractivity contribution in [1.29, 1.82) is 0 Å². The maximum Gasteiger partial charge on any atom is 0.259 e. The molecule has 2 aromatic rings. The van der Waals surface area contributed by atoms with Crippen molar-refractivity contribution in [2.75, 3.05) is 6.54 Å². The fraction of sp³-hybridized carbons (Fsp3) is 0.200. The number of aromatic nitrogens is 2. The van der Waals surface area contributed by atoms with Gasteiger partial charge in [-0.1, -0.05) is 28.4 Å². The third-order valence-electron chi connectivity index (χ3n) is 2.00. The van der Waals surface area contributed by atoms with E-state index in [0.717, 1.165) is 0 Å². The van der Waals surface area contributed by atoms with Crippen LogP contribution in [0.15, 0.2) is 22.7 Å². The molecule has 6 heteroatoms. The summed E-state index contributed by atoms with van der Waals surface area (Å²) in [4.78, 5) is 4.18. The summed E-state index contributed by atoms with van der Waals surface area (Å²) in [6, 6.07) is 5.09. The Morgan fingerprint density at radius 1 is 1.31 bits per heavy atom. The lowest BCUT2D eigenvalue weighted by atomic mass is 10.2. The molecule has 0 fully saturated rings. The molecule has 0 spiro atoms. The van der Waals surface area contributed by atoms with Crippen molar-refractivity contribution in [3.05, 3.63) is 34.1 Å². The molecule has 84 valence electrons. The van der Waals surface area contributed by atoms with E-state index in [-0.39, 0.29) is 0 Å². The highest BCUT2D eigenvalue weighted by Crippen LogP contribution is 2.28. The first kappa shape index (κ1) is 11.4. The number of hydrogen-bond donors (Lipinski definition) is 1. The third kappa shape index (κ3) is 2.35. The zero-order valence-electron chi connectivity index (χ0n) is 8.28. The van der Waals surface area contributed by atoms with E-state index in [4.69, 9.17) is 33.5 Å². The monoisotopic (exact) mass is 257 g/mol. The van der Waals surface area contributed by atoms with Crippen molar-refractivity contribution in [2.24, 2.45) is 5.73 Å². The number of rotatable bonds is 3. The minimum atomic E-state index is 0.380. The van der Waals surface area contributed by atoms with Crippen LogP contribution in [-0.2, 0) is 6.42 Å². The highest BCUT2D eigenvalue weighted by atomic mass is 35.5. The third-order valence-corrected chi connectivity index (χ3v) is 2.55. The van der Waals surface area contributed by atoms with E-state index in [9.17, 15) is 0 Å². The van der Waals surface area contributed by atoms with E-state index in [1.165, 1.54) is 0 Å². The van der Waals surface area contributed by atoms with Crippen LogP contribution in [0.5, 0.6) is 0 Å². The molecule has 0 saturated heterocycles. The van der Waals surface area contributed by atoms with Gasteiger partial charge in [0.1, 0.15) is 0 Å². The molecule has 1 heterocycles. The van der Waals surface area contributed by atoms with E-state index >= 15 is 0 Å². The van der Waals surface area contributed by atoms with E-state index in [0.29, 0.717) is 40.3 Å². The molecule has 16 heavy (non-hydrogen) atoms. The fourth-order valence-electron chi connectivity index (χ4n) is 1.26. The summed E-state index contributed by atoms with van der Waals surface area (Å²) in [5.41, 5.74) is 6.06. The molecule has 1 aromatic carbocycles. The van der Waals surface area contributed by atoms with Crippen LogP contribution >= 0.6 is 23.2 Å². The lowest BCUT2D eigenvalue weighted by Crippen LogP contribution is -2.03.